The molecule has 25 heavy (non-hydrogen) atoms. The maximum atomic E-state index is 13.1. The van der Waals surface area contributed by atoms with Crippen molar-refractivity contribution in [2.75, 3.05) is 12.8 Å². The Morgan fingerprint density at radius 1 is 1.28 bits per heavy atom. The Labute approximate surface area is 149 Å². The van der Waals surface area contributed by atoms with E-state index in [0.29, 0.717) is 17.0 Å². The minimum Gasteiger partial charge on any atom is -0.332 e. The number of nitrogens with zero attached hydrogens (tertiary/aromatic N) is 2. The van der Waals surface area contributed by atoms with Gasteiger partial charge in [-0.1, -0.05) is 12.1 Å². The zero-order valence-electron chi connectivity index (χ0n) is 13.6. The molecule has 0 radical (unpaired) electrons. The highest BCUT2D eigenvalue weighted by Crippen LogP contribution is 2.35. The molecular weight excluding hydrogens is 343 g/mol. The molecule has 0 aliphatic carbocycles. The van der Waals surface area contributed by atoms with Crippen LogP contribution >= 0.6 is 11.8 Å². The lowest BCUT2D eigenvalue weighted by molar-refractivity contribution is -0.387. The van der Waals surface area contributed by atoms with Crippen molar-refractivity contribution in [3.05, 3.63) is 69.5 Å². The van der Waals surface area contributed by atoms with E-state index in [1.165, 1.54) is 30.0 Å². The number of amides is 1. The number of halogens is 1. The lowest BCUT2D eigenvalue weighted by Gasteiger charge is -2.25. The number of nitro benzene ring substituents is 1. The van der Waals surface area contributed by atoms with Gasteiger partial charge in [-0.25, -0.2) is 4.39 Å². The third-order valence-electron chi connectivity index (χ3n) is 4.39. The van der Waals surface area contributed by atoms with E-state index in [0.717, 1.165) is 18.4 Å². The lowest BCUT2D eigenvalue weighted by Crippen LogP contribution is -2.30. The number of carbonyl (C=O) groups excluding carboxylic acids is 1. The van der Waals surface area contributed by atoms with Crippen LogP contribution in [0.2, 0.25) is 0 Å². The first kappa shape index (κ1) is 17.4. The van der Waals surface area contributed by atoms with Crippen molar-refractivity contribution in [2.45, 2.75) is 23.8 Å². The van der Waals surface area contributed by atoms with Crippen molar-refractivity contribution in [1.29, 1.82) is 0 Å². The number of hydrogen-bond acceptors (Lipinski definition) is 4. The van der Waals surface area contributed by atoms with E-state index in [1.54, 1.807) is 35.4 Å². The molecule has 1 saturated heterocycles. The van der Waals surface area contributed by atoms with Gasteiger partial charge in [-0.3, -0.25) is 14.9 Å². The first-order valence-electron chi connectivity index (χ1n) is 7.90. The minimum atomic E-state index is -0.468. The molecule has 0 unspecified atom stereocenters. The van der Waals surface area contributed by atoms with Gasteiger partial charge in [0, 0.05) is 18.2 Å². The van der Waals surface area contributed by atoms with Crippen LogP contribution in [0.3, 0.4) is 0 Å². The second-order valence-electron chi connectivity index (χ2n) is 5.85. The summed E-state index contributed by atoms with van der Waals surface area (Å²) in [5, 5.41) is 11.2. The fourth-order valence-corrected chi connectivity index (χ4v) is 3.72. The second-order valence-corrected chi connectivity index (χ2v) is 6.70. The SMILES string of the molecule is CSc1ccc(C(=O)N2CCC[C@H]2c2ccc(F)cc2)cc1[N+](=O)[O-]. The maximum absolute atomic E-state index is 13.1. The van der Waals surface area contributed by atoms with Gasteiger partial charge in [-0.15, -0.1) is 11.8 Å². The summed E-state index contributed by atoms with van der Waals surface area (Å²) in [6.07, 6.45) is 3.40. The maximum Gasteiger partial charge on any atom is 0.283 e. The molecule has 1 aliphatic rings. The highest BCUT2D eigenvalue weighted by molar-refractivity contribution is 7.98. The first-order chi connectivity index (χ1) is 12.0. The first-order valence-corrected chi connectivity index (χ1v) is 9.12. The summed E-state index contributed by atoms with van der Waals surface area (Å²) in [6.45, 7) is 0.582. The number of hydrogen-bond donors (Lipinski definition) is 0. The van der Waals surface area contributed by atoms with Crippen LogP contribution < -0.4 is 0 Å². The molecule has 0 spiro atoms. The normalized spacial score (nSPS) is 16.9. The summed E-state index contributed by atoms with van der Waals surface area (Å²) in [4.78, 5) is 25.9. The molecule has 3 rings (SSSR count). The molecule has 1 heterocycles. The molecule has 7 heteroatoms. The van der Waals surface area contributed by atoms with Crippen molar-refractivity contribution in [2.24, 2.45) is 0 Å². The molecule has 0 aromatic heterocycles. The Balaban J connectivity index is 1.90. The number of thioether (sulfide) groups is 1. The summed E-state index contributed by atoms with van der Waals surface area (Å²) >= 11 is 1.27. The molecule has 1 amide bonds. The van der Waals surface area contributed by atoms with Gasteiger partial charge in [0.1, 0.15) is 5.82 Å². The quantitative estimate of drug-likeness (QED) is 0.460. The molecular formula is C18H17FN2O3S. The van der Waals surface area contributed by atoms with E-state index in [9.17, 15) is 19.3 Å². The van der Waals surface area contributed by atoms with Crippen LogP contribution in [0.1, 0.15) is 34.8 Å². The molecule has 1 fully saturated rings. The van der Waals surface area contributed by atoms with Gasteiger partial charge in [0.2, 0.25) is 0 Å². The second kappa shape index (κ2) is 7.23. The molecule has 2 aromatic rings. The zero-order valence-corrected chi connectivity index (χ0v) is 14.5. The lowest BCUT2D eigenvalue weighted by atomic mass is 10.0. The van der Waals surface area contributed by atoms with Crippen molar-refractivity contribution < 1.29 is 14.1 Å². The summed E-state index contributed by atoms with van der Waals surface area (Å²) < 4.78 is 13.1. The van der Waals surface area contributed by atoms with Crippen molar-refractivity contribution in [1.82, 2.24) is 4.90 Å². The van der Waals surface area contributed by atoms with Crippen LogP contribution in [-0.4, -0.2) is 28.5 Å². The van der Waals surface area contributed by atoms with E-state index < -0.39 is 4.92 Å². The number of nitro groups is 1. The molecule has 5 nitrogen and oxygen atoms in total. The summed E-state index contributed by atoms with van der Waals surface area (Å²) in [6, 6.07) is 10.6. The highest BCUT2D eigenvalue weighted by Gasteiger charge is 2.31. The van der Waals surface area contributed by atoms with Gasteiger partial charge in [-0.2, -0.15) is 0 Å². The van der Waals surface area contributed by atoms with Crippen molar-refractivity contribution in [3.63, 3.8) is 0 Å². The van der Waals surface area contributed by atoms with E-state index in [-0.39, 0.29) is 23.5 Å². The Morgan fingerprint density at radius 3 is 2.64 bits per heavy atom. The van der Waals surface area contributed by atoms with Gasteiger partial charge >= 0.3 is 0 Å². The minimum absolute atomic E-state index is 0.0594. The Hall–Kier alpha value is -2.41. The smallest absolute Gasteiger partial charge is 0.283 e. The third-order valence-corrected chi connectivity index (χ3v) is 5.18. The Kier molecular flexibility index (Phi) is 5.03. The van der Waals surface area contributed by atoms with E-state index >= 15 is 0 Å². The fourth-order valence-electron chi connectivity index (χ4n) is 3.17. The molecule has 1 atom stereocenters. The topological polar surface area (TPSA) is 63.5 Å². The monoisotopic (exact) mass is 360 g/mol. The number of rotatable bonds is 4. The van der Waals surface area contributed by atoms with Gasteiger partial charge in [0.25, 0.3) is 11.6 Å². The van der Waals surface area contributed by atoms with E-state index in [4.69, 9.17) is 0 Å². The summed E-state index contributed by atoms with van der Waals surface area (Å²) in [5.74, 6) is -0.550. The molecule has 1 aliphatic heterocycles. The number of benzene rings is 2. The largest absolute Gasteiger partial charge is 0.332 e. The average Bonchev–Trinajstić information content (AvgIpc) is 3.10. The van der Waals surface area contributed by atoms with Crippen LogP contribution in [-0.2, 0) is 0 Å². The number of likely N-dealkylation sites (tertiary alicyclic amines) is 1. The Morgan fingerprint density at radius 2 is 2.00 bits per heavy atom. The number of carbonyl (C=O) groups is 1. The molecule has 0 saturated carbocycles. The summed E-state index contributed by atoms with van der Waals surface area (Å²) in [7, 11) is 0. The standard InChI is InChI=1S/C18H17FN2O3S/c1-25-17-9-6-13(11-16(17)21(23)24)18(22)20-10-2-3-15(20)12-4-7-14(19)8-5-12/h4-9,11,15H,2-3,10H2,1H3/t15-/m0/s1. The highest BCUT2D eigenvalue weighted by atomic mass is 32.2. The molecule has 2 aromatic carbocycles. The predicted octanol–water partition coefficient (Wildman–Crippen LogP) is 4.43. The molecule has 130 valence electrons. The van der Waals surface area contributed by atoms with Crippen molar-refractivity contribution >= 4 is 23.4 Å². The van der Waals surface area contributed by atoms with Crippen molar-refractivity contribution in [3.8, 4) is 0 Å². The van der Waals surface area contributed by atoms with Crippen LogP contribution in [0.5, 0.6) is 0 Å². The predicted molar refractivity (Wildman–Crippen MR) is 94.3 cm³/mol. The van der Waals surface area contributed by atoms with Crippen LogP contribution in [0, 0.1) is 15.9 Å². The van der Waals surface area contributed by atoms with E-state index in [1.807, 2.05) is 0 Å². The zero-order chi connectivity index (χ0) is 18.0. The van der Waals surface area contributed by atoms with Gasteiger partial charge in [-0.05, 0) is 48.9 Å². The van der Waals surface area contributed by atoms with Crippen LogP contribution in [0.25, 0.3) is 0 Å². The molecule has 0 bridgehead atoms. The van der Waals surface area contributed by atoms with Gasteiger partial charge in [0.15, 0.2) is 0 Å². The summed E-state index contributed by atoms with van der Waals surface area (Å²) in [5.41, 5.74) is 1.12. The average molecular weight is 360 g/mol. The Bertz CT molecular complexity index is 810. The van der Waals surface area contributed by atoms with Gasteiger partial charge < -0.3 is 4.90 Å². The van der Waals surface area contributed by atoms with Gasteiger partial charge in [0.05, 0.1) is 15.9 Å². The third kappa shape index (κ3) is 3.51. The van der Waals surface area contributed by atoms with Crippen LogP contribution in [0.15, 0.2) is 47.4 Å². The fraction of sp³-hybridized carbons (Fsp3) is 0.278. The van der Waals surface area contributed by atoms with Crippen LogP contribution in [0.4, 0.5) is 10.1 Å². The molecule has 0 N–H and O–H groups in total. The van der Waals surface area contributed by atoms with E-state index in [2.05, 4.69) is 0 Å².